The number of hydrogen-bond donors (Lipinski definition) is 0. The van der Waals surface area contributed by atoms with Gasteiger partial charge in [0.2, 0.25) is 11.6 Å². The molecule has 1 saturated carbocycles. The van der Waals surface area contributed by atoms with Crippen molar-refractivity contribution >= 4 is 46.3 Å². The summed E-state index contributed by atoms with van der Waals surface area (Å²) in [5.41, 5.74) is 1.67. The minimum Gasteiger partial charge on any atom is -0.289 e. The van der Waals surface area contributed by atoms with Gasteiger partial charge in [-0.2, -0.15) is 0 Å². The van der Waals surface area contributed by atoms with Crippen LogP contribution in [0.1, 0.15) is 67.1 Å². The van der Waals surface area contributed by atoms with Crippen molar-refractivity contribution in [3.63, 3.8) is 0 Å². The van der Waals surface area contributed by atoms with Gasteiger partial charge in [0, 0.05) is 33.4 Å². The van der Waals surface area contributed by atoms with Crippen LogP contribution in [0.15, 0.2) is 69.7 Å². The summed E-state index contributed by atoms with van der Waals surface area (Å²) < 4.78 is 0. The van der Waals surface area contributed by atoms with Gasteiger partial charge in [-0.25, -0.2) is 0 Å². The normalized spacial score (nSPS) is 23.4. The summed E-state index contributed by atoms with van der Waals surface area (Å²) >= 11 is 13.0. The lowest BCUT2D eigenvalue weighted by Gasteiger charge is -2.37. The predicted octanol–water partition coefficient (Wildman–Crippen LogP) is 5.94. The van der Waals surface area contributed by atoms with Gasteiger partial charge >= 0.3 is 0 Å². The van der Waals surface area contributed by atoms with E-state index in [1.165, 1.54) is 0 Å². The molecule has 3 aliphatic carbocycles. The second kappa shape index (κ2) is 7.95. The van der Waals surface area contributed by atoms with E-state index in [0.29, 0.717) is 24.0 Å². The minimum atomic E-state index is -0.466. The number of carbonyl (C=O) groups excluding carboxylic acids is 4. The van der Waals surface area contributed by atoms with Crippen molar-refractivity contribution in [1.82, 2.24) is 0 Å². The van der Waals surface area contributed by atoms with Gasteiger partial charge in [0.1, 0.15) is 0 Å². The van der Waals surface area contributed by atoms with Crippen LogP contribution in [0.25, 0.3) is 0 Å². The maximum Gasteiger partial charge on any atom is 0.205 e. The Morgan fingerprint density at radius 2 is 0.844 bits per heavy atom. The van der Waals surface area contributed by atoms with Crippen molar-refractivity contribution in [2.24, 2.45) is 11.8 Å². The molecule has 2 unspecified atom stereocenters. The summed E-state index contributed by atoms with van der Waals surface area (Å²) in [6, 6.07) is 13.2. The number of benzene rings is 2. The molecule has 0 radical (unpaired) electrons. The van der Waals surface area contributed by atoms with Crippen LogP contribution >= 0.6 is 23.2 Å². The summed E-state index contributed by atoms with van der Waals surface area (Å²) in [4.78, 5) is 52.7. The molecule has 0 bridgehead atoms. The number of ketones is 4. The number of hydrogen-bond acceptors (Lipinski definition) is 4. The highest BCUT2D eigenvalue weighted by Gasteiger charge is 2.44. The van der Waals surface area contributed by atoms with Gasteiger partial charge in [-0.15, -0.1) is 0 Å². The first kappa shape index (κ1) is 21.0. The van der Waals surface area contributed by atoms with Gasteiger partial charge in [-0.3, -0.25) is 19.2 Å². The van der Waals surface area contributed by atoms with E-state index >= 15 is 0 Å². The Morgan fingerprint density at radius 1 is 0.531 bits per heavy atom. The molecular formula is C26H18Cl2O4. The second-order valence-electron chi connectivity index (χ2n) is 8.36. The van der Waals surface area contributed by atoms with Crippen LogP contribution in [0.4, 0.5) is 0 Å². The minimum absolute atomic E-state index is 0.0997. The first-order chi connectivity index (χ1) is 15.4. The summed E-state index contributed by atoms with van der Waals surface area (Å²) in [5.74, 6) is -2.31. The molecule has 1 fully saturated rings. The highest BCUT2D eigenvalue weighted by molar-refractivity contribution is 6.51. The van der Waals surface area contributed by atoms with Crippen LogP contribution in [-0.2, 0) is 0 Å². The van der Waals surface area contributed by atoms with Gasteiger partial charge in [0.05, 0.1) is 10.1 Å². The molecule has 3 aliphatic rings. The van der Waals surface area contributed by atoms with Crippen molar-refractivity contribution in [3.05, 3.63) is 92.0 Å². The molecule has 0 N–H and O–H groups in total. The molecule has 0 saturated heterocycles. The monoisotopic (exact) mass is 464 g/mol. The highest BCUT2D eigenvalue weighted by Crippen LogP contribution is 2.47. The number of rotatable bonds is 2. The molecule has 0 spiro atoms. The zero-order valence-corrected chi connectivity index (χ0v) is 18.5. The fraction of sp³-hybridized carbons (Fsp3) is 0.231. The lowest BCUT2D eigenvalue weighted by atomic mass is 9.66. The van der Waals surface area contributed by atoms with E-state index in [1.54, 1.807) is 48.5 Å². The van der Waals surface area contributed by atoms with Gasteiger partial charge in [0.15, 0.2) is 11.6 Å². The standard InChI is InChI=1S/C26H18Cl2O4/c27-21-19(23(29)15-9-3-5-11-17(15)25(21)31)13-7-1-2-8-14(13)20-22(28)26(32)18-12-6-4-10-16(18)24(20)30/h3-6,9-14H,1-2,7-8H2. The first-order valence-electron chi connectivity index (χ1n) is 10.6. The molecule has 2 atom stereocenters. The first-order valence-corrected chi connectivity index (χ1v) is 11.3. The van der Waals surface area contributed by atoms with E-state index < -0.39 is 23.4 Å². The molecule has 0 heterocycles. The quantitative estimate of drug-likeness (QED) is 0.551. The number of allylic oxidation sites excluding steroid dienone is 4. The van der Waals surface area contributed by atoms with Crippen molar-refractivity contribution in [2.45, 2.75) is 25.7 Å². The van der Waals surface area contributed by atoms with E-state index in [-0.39, 0.29) is 43.9 Å². The third kappa shape index (κ3) is 3.05. The molecule has 0 aromatic heterocycles. The Balaban J connectivity index is 1.64. The van der Waals surface area contributed by atoms with Gasteiger partial charge < -0.3 is 0 Å². The number of fused-ring (bicyclic) bond motifs is 2. The summed E-state index contributed by atoms with van der Waals surface area (Å²) in [7, 11) is 0. The third-order valence-electron chi connectivity index (χ3n) is 6.70. The van der Waals surface area contributed by atoms with Crippen molar-refractivity contribution in [3.8, 4) is 0 Å². The molecular weight excluding hydrogens is 447 g/mol. The Morgan fingerprint density at radius 3 is 1.19 bits per heavy atom. The summed E-state index contributed by atoms with van der Waals surface area (Å²) in [5, 5.41) is -0.199. The highest BCUT2D eigenvalue weighted by atomic mass is 35.5. The molecule has 2 aromatic carbocycles. The van der Waals surface area contributed by atoms with E-state index in [4.69, 9.17) is 23.2 Å². The molecule has 5 rings (SSSR count). The number of Topliss-reactive ketones (excluding diaryl/α,β-unsaturated/α-hetero) is 4. The lowest BCUT2D eigenvalue weighted by Crippen LogP contribution is -2.35. The molecule has 2 aromatic rings. The van der Waals surface area contributed by atoms with Crippen LogP contribution in [0.3, 0.4) is 0 Å². The molecule has 0 amide bonds. The largest absolute Gasteiger partial charge is 0.289 e. The van der Waals surface area contributed by atoms with E-state index in [9.17, 15) is 19.2 Å². The Labute approximate surface area is 194 Å². The molecule has 6 heteroatoms. The maximum absolute atomic E-state index is 13.4. The summed E-state index contributed by atoms with van der Waals surface area (Å²) in [6.45, 7) is 0. The van der Waals surface area contributed by atoms with E-state index in [2.05, 4.69) is 0 Å². The van der Waals surface area contributed by atoms with Crippen molar-refractivity contribution in [1.29, 1.82) is 0 Å². The zero-order chi connectivity index (χ0) is 22.6. The molecule has 32 heavy (non-hydrogen) atoms. The Hall–Kier alpha value is -2.82. The fourth-order valence-corrected chi connectivity index (χ4v) is 5.87. The average Bonchev–Trinajstić information content (AvgIpc) is 2.82. The van der Waals surface area contributed by atoms with Crippen molar-refractivity contribution < 1.29 is 19.2 Å². The third-order valence-corrected chi connectivity index (χ3v) is 7.45. The fourth-order valence-electron chi connectivity index (χ4n) is 5.21. The Bertz CT molecular complexity index is 1180. The number of halogens is 2. The van der Waals surface area contributed by atoms with Gasteiger partial charge in [0.25, 0.3) is 0 Å². The second-order valence-corrected chi connectivity index (χ2v) is 9.12. The van der Waals surface area contributed by atoms with E-state index in [0.717, 1.165) is 12.8 Å². The van der Waals surface area contributed by atoms with Crippen LogP contribution < -0.4 is 0 Å². The van der Waals surface area contributed by atoms with Gasteiger partial charge in [-0.05, 0) is 24.7 Å². The molecule has 4 nitrogen and oxygen atoms in total. The Kier molecular flexibility index (Phi) is 5.23. The number of carbonyl (C=O) groups is 4. The molecule has 0 aliphatic heterocycles. The van der Waals surface area contributed by atoms with Crippen molar-refractivity contribution in [2.75, 3.05) is 0 Å². The van der Waals surface area contributed by atoms with E-state index in [1.807, 2.05) is 0 Å². The van der Waals surface area contributed by atoms with Gasteiger partial charge in [-0.1, -0.05) is 84.6 Å². The lowest BCUT2D eigenvalue weighted by molar-refractivity contribution is 0.0938. The topological polar surface area (TPSA) is 68.3 Å². The SMILES string of the molecule is O=C1C(Cl)=C(C2CCCCC2C2=C(Cl)C(=O)c3ccccc3C2=O)C(=O)c2ccccc21. The van der Waals surface area contributed by atoms with Crippen LogP contribution in [0.5, 0.6) is 0 Å². The van der Waals surface area contributed by atoms with Crippen LogP contribution in [0, 0.1) is 11.8 Å². The zero-order valence-electron chi connectivity index (χ0n) is 17.0. The smallest absolute Gasteiger partial charge is 0.205 e. The predicted molar refractivity (Wildman–Crippen MR) is 121 cm³/mol. The molecule has 160 valence electrons. The van der Waals surface area contributed by atoms with Crippen LogP contribution in [0.2, 0.25) is 0 Å². The van der Waals surface area contributed by atoms with Crippen LogP contribution in [-0.4, -0.2) is 23.1 Å². The maximum atomic E-state index is 13.4. The summed E-state index contributed by atoms with van der Waals surface area (Å²) in [6.07, 6.45) is 2.80. The average molecular weight is 465 g/mol.